The van der Waals surface area contributed by atoms with Crippen molar-refractivity contribution in [3.8, 4) is 0 Å². The Morgan fingerprint density at radius 2 is 2.25 bits per heavy atom. The summed E-state index contributed by atoms with van der Waals surface area (Å²) in [6.45, 7) is -0.340. The topological polar surface area (TPSA) is 78.2 Å². The number of hydrogen-bond donors (Lipinski definition) is 1. The maximum Gasteiger partial charge on any atom is 0.420 e. The number of carbonyl (C=O) groups excluding carboxylic acids is 1. The van der Waals surface area contributed by atoms with Crippen LogP contribution in [0.2, 0.25) is 0 Å². The van der Waals surface area contributed by atoms with Crippen LogP contribution in [0.3, 0.4) is 0 Å². The van der Waals surface area contributed by atoms with Gasteiger partial charge in [0.25, 0.3) is 0 Å². The van der Waals surface area contributed by atoms with Crippen molar-refractivity contribution in [3.05, 3.63) is 33.0 Å². The van der Waals surface area contributed by atoms with Crippen LogP contribution in [0.15, 0.2) is 25.8 Å². The Morgan fingerprint density at radius 1 is 1.56 bits per heavy atom. The number of nitrogens with two attached hydrogens (primary N) is 1. The highest BCUT2D eigenvalue weighted by atomic mass is 79.9. The number of benzene rings is 1. The van der Waals surface area contributed by atoms with E-state index in [1.807, 2.05) is 0 Å². The Labute approximate surface area is 96.8 Å². The molecule has 16 heavy (non-hydrogen) atoms. The summed E-state index contributed by atoms with van der Waals surface area (Å²) < 4.78 is 19.4. The molecule has 2 rings (SSSR count). The second-order valence-corrected chi connectivity index (χ2v) is 3.98. The summed E-state index contributed by atoms with van der Waals surface area (Å²) in [5.74, 6) is -2.20. The summed E-state index contributed by atoms with van der Waals surface area (Å²) in [6.07, 6.45) is 0. The van der Waals surface area contributed by atoms with Crippen LogP contribution in [0.5, 0.6) is 0 Å². The molecular weight excluding hydrogens is 283 g/mol. The fraction of sp³-hybridized carbons (Fsp3) is 0.111. The molecule has 84 valence electrons. The van der Waals surface area contributed by atoms with E-state index < -0.39 is 17.5 Å². The summed E-state index contributed by atoms with van der Waals surface area (Å²) in [5, 5.41) is 0. The van der Waals surface area contributed by atoms with E-state index in [0.717, 1.165) is 4.57 Å². The predicted molar refractivity (Wildman–Crippen MR) is 57.3 cm³/mol. The summed E-state index contributed by atoms with van der Waals surface area (Å²) in [6, 6.07) is 2.89. The van der Waals surface area contributed by atoms with Crippen LogP contribution in [0, 0.1) is 5.82 Å². The lowest BCUT2D eigenvalue weighted by Gasteiger charge is -1.98. The van der Waals surface area contributed by atoms with Gasteiger partial charge in [-0.1, -0.05) is 0 Å². The molecule has 5 nitrogen and oxygen atoms in total. The number of fused-ring (bicyclic) bond motifs is 1. The van der Waals surface area contributed by atoms with Gasteiger partial charge in [-0.05, 0) is 28.1 Å². The molecule has 0 aliphatic carbocycles. The van der Waals surface area contributed by atoms with E-state index >= 15 is 0 Å². The Morgan fingerprint density at radius 3 is 2.88 bits per heavy atom. The van der Waals surface area contributed by atoms with Gasteiger partial charge in [0.05, 0.1) is 9.99 Å². The lowest BCUT2D eigenvalue weighted by Crippen LogP contribution is -2.24. The highest BCUT2D eigenvalue weighted by Gasteiger charge is 2.16. The third-order valence-corrected chi connectivity index (χ3v) is 2.66. The fourth-order valence-electron chi connectivity index (χ4n) is 1.38. The molecule has 0 aliphatic heterocycles. The average molecular weight is 289 g/mol. The Bertz CT molecular complexity index is 631. The summed E-state index contributed by atoms with van der Waals surface area (Å²) in [4.78, 5) is 22.1. The van der Waals surface area contributed by atoms with E-state index in [1.54, 1.807) is 0 Å². The van der Waals surface area contributed by atoms with Gasteiger partial charge < -0.3 is 10.2 Å². The summed E-state index contributed by atoms with van der Waals surface area (Å²) in [7, 11) is 0. The highest BCUT2D eigenvalue weighted by molar-refractivity contribution is 9.10. The number of carbonyl (C=O) groups is 1. The molecule has 0 spiro atoms. The van der Waals surface area contributed by atoms with Crippen LogP contribution < -0.4 is 11.5 Å². The lowest BCUT2D eigenvalue weighted by molar-refractivity contribution is -0.118. The molecular formula is C9H6BrFN2O3. The minimum atomic E-state index is -0.814. The van der Waals surface area contributed by atoms with Crippen molar-refractivity contribution >= 4 is 32.9 Å². The van der Waals surface area contributed by atoms with Crippen LogP contribution >= 0.6 is 15.9 Å². The monoisotopic (exact) mass is 288 g/mol. The van der Waals surface area contributed by atoms with Gasteiger partial charge in [0, 0.05) is 0 Å². The van der Waals surface area contributed by atoms with Crippen molar-refractivity contribution in [2.75, 3.05) is 0 Å². The van der Waals surface area contributed by atoms with Gasteiger partial charge in [-0.25, -0.2) is 9.18 Å². The maximum atomic E-state index is 13.5. The van der Waals surface area contributed by atoms with E-state index in [9.17, 15) is 14.0 Å². The van der Waals surface area contributed by atoms with Crippen LogP contribution in [-0.2, 0) is 11.3 Å². The minimum absolute atomic E-state index is 0.181. The first-order valence-electron chi connectivity index (χ1n) is 4.26. The van der Waals surface area contributed by atoms with Gasteiger partial charge in [0.2, 0.25) is 5.91 Å². The van der Waals surface area contributed by atoms with E-state index in [0.29, 0.717) is 0 Å². The predicted octanol–water partition coefficient (Wildman–Crippen LogP) is 0.981. The second-order valence-electron chi connectivity index (χ2n) is 3.13. The van der Waals surface area contributed by atoms with Crippen LogP contribution in [-0.4, -0.2) is 10.5 Å². The summed E-state index contributed by atoms with van der Waals surface area (Å²) >= 11 is 2.96. The number of rotatable bonds is 2. The largest absolute Gasteiger partial charge is 0.420 e. The molecule has 2 aromatic rings. The zero-order chi connectivity index (χ0) is 11.9. The van der Waals surface area contributed by atoms with Crippen LogP contribution in [0.4, 0.5) is 4.39 Å². The third kappa shape index (κ3) is 1.63. The Kier molecular flexibility index (Phi) is 2.55. The van der Waals surface area contributed by atoms with Gasteiger partial charge in [0.15, 0.2) is 11.4 Å². The standard InChI is InChI=1S/C9H6BrFN2O3/c10-4-1-2-5-8(7(4)11)16-9(15)13(5)3-6(12)14/h1-2H,3H2,(H2,12,14). The first-order chi connectivity index (χ1) is 7.50. The molecule has 0 atom stereocenters. The molecule has 1 aromatic carbocycles. The first kappa shape index (κ1) is 10.9. The lowest BCUT2D eigenvalue weighted by atomic mass is 10.3. The van der Waals surface area contributed by atoms with Gasteiger partial charge >= 0.3 is 5.76 Å². The van der Waals surface area contributed by atoms with E-state index in [1.165, 1.54) is 12.1 Å². The third-order valence-electron chi connectivity index (χ3n) is 2.04. The molecule has 7 heteroatoms. The Hall–Kier alpha value is -1.63. The van der Waals surface area contributed by atoms with Crippen LogP contribution in [0.25, 0.3) is 11.1 Å². The fourth-order valence-corrected chi connectivity index (χ4v) is 1.69. The molecule has 1 aromatic heterocycles. The molecule has 2 N–H and O–H groups in total. The van der Waals surface area contributed by atoms with E-state index in [4.69, 9.17) is 10.2 Å². The normalized spacial score (nSPS) is 10.9. The minimum Gasteiger partial charge on any atom is -0.404 e. The zero-order valence-corrected chi connectivity index (χ0v) is 9.45. The molecule has 0 fully saturated rings. The van der Waals surface area contributed by atoms with Crippen molar-refractivity contribution in [3.63, 3.8) is 0 Å². The molecule has 0 saturated heterocycles. The zero-order valence-electron chi connectivity index (χ0n) is 7.87. The van der Waals surface area contributed by atoms with Crippen molar-refractivity contribution in [2.24, 2.45) is 5.73 Å². The molecule has 0 unspecified atom stereocenters. The SMILES string of the molecule is NC(=O)Cn1c(=O)oc2c(F)c(Br)ccc21. The molecule has 0 bridgehead atoms. The number of amides is 1. The summed E-state index contributed by atoms with van der Waals surface area (Å²) in [5.41, 5.74) is 4.97. The van der Waals surface area contributed by atoms with Crippen molar-refractivity contribution in [1.29, 1.82) is 0 Å². The Balaban J connectivity index is 2.76. The number of aromatic nitrogens is 1. The van der Waals surface area contributed by atoms with Crippen molar-refractivity contribution < 1.29 is 13.6 Å². The smallest absolute Gasteiger partial charge is 0.404 e. The number of oxazole rings is 1. The second kappa shape index (κ2) is 3.75. The number of halogens is 2. The van der Waals surface area contributed by atoms with Crippen molar-refractivity contribution in [1.82, 2.24) is 4.57 Å². The maximum absolute atomic E-state index is 13.5. The van der Waals surface area contributed by atoms with Crippen molar-refractivity contribution in [2.45, 2.75) is 6.54 Å². The van der Waals surface area contributed by atoms with E-state index in [-0.39, 0.29) is 22.1 Å². The van der Waals surface area contributed by atoms with Gasteiger partial charge in [-0.2, -0.15) is 0 Å². The number of primary amides is 1. The van der Waals surface area contributed by atoms with Gasteiger partial charge in [-0.3, -0.25) is 9.36 Å². The molecule has 0 aliphatic rings. The first-order valence-corrected chi connectivity index (χ1v) is 5.05. The van der Waals surface area contributed by atoms with Crippen LogP contribution in [0.1, 0.15) is 0 Å². The highest BCUT2D eigenvalue weighted by Crippen LogP contribution is 2.23. The molecule has 1 amide bonds. The average Bonchev–Trinajstić information content (AvgIpc) is 2.51. The van der Waals surface area contributed by atoms with Gasteiger partial charge in [0.1, 0.15) is 6.54 Å². The van der Waals surface area contributed by atoms with E-state index in [2.05, 4.69) is 15.9 Å². The molecule has 1 heterocycles. The molecule has 0 saturated carbocycles. The van der Waals surface area contributed by atoms with Gasteiger partial charge in [-0.15, -0.1) is 0 Å². The number of hydrogen-bond acceptors (Lipinski definition) is 3. The number of nitrogens with zero attached hydrogens (tertiary/aromatic N) is 1. The molecule has 0 radical (unpaired) electrons. The quantitative estimate of drug-likeness (QED) is 0.895.